The summed E-state index contributed by atoms with van der Waals surface area (Å²) in [7, 11) is 0. The van der Waals surface area contributed by atoms with Crippen molar-refractivity contribution in [2.24, 2.45) is 5.73 Å². The van der Waals surface area contributed by atoms with Gasteiger partial charge in [0.1, 0.15) is 18.1 Å². The molecular weight excluding hydrogens is 528 g/mol. The summed E-state index contributed by atoms with van der Waals surface area (Å²) in [6.07, 6.45) is 4.51. The smallest absolute Gasteiger partial charge is 0.326 e. The minimum Gasteiger partial charge on any atom is -0.481 e. The highest BCUT2D eigenvalue weighted by Gasteiger charge is 2.31. The number of hydrogen-bond donors (Lipinski definition) is 7. The summed E-state index contributed by atoms with van der Waals surface area (Å²) in [4.78, 5) is 68.5. The number of aromatic nitrogens is 2. The van der Waals surface area contributed by atoms with Crippen LogP contribution < -0.4 is 21.7 Å². The predicted octanol–water partition coefficient (Wildman–Crippen LogP) is -0.321. The van der Waals surface area contributed by atoms with Gasteiger partial charge in [-0.05, 0) is 30.4 Å². The molecule has 1 aromatic heterocycles. The number of hydrogen-bond acceptors (Lipinski definition) is 8. The monoisotopic (exact) mass is 562 g/mol. The summed E-state index contributed by atoms with van der Waals surface area (Å²) in [6, 6.07) is 4.16. The van der Waals surface area contributed by atoms with Crippen LogP contribution in [-0.2, 0) is 36.8 Å². The van der Waals surface area contributed by atoms with Gasteiger partial charge in [-0.2, -0.15) is 11.8 Å². The normalized spacial score (nSPS) is 13.9. The van der Waals surface area contributed by atoms with Gasteiger partial charge >= 0.3 is 11.9 Å². The van der Waals surface area contributed by atoms with Gasteiger partial charge in [0, 0.05) is 31.2 Å². The molecule has 13 nitrogen and oxygen atoms in total. The van der Waals surface area contributed by atoms with Crippen molar-refractivity contribution in [1.29, 1.82) is 0 Å². The first-order valence-corrected chi connectivity index (χ1v) is 13.6. The Bertz CT molecular complexity index is 1100. The van der Waals surface area contributed by atoms with Gasteiger partial charge in [0.05, 0.1) is 12.4 Å². The number of carbonyl (C=O) groups is 5. The molecule has 0 radical (unpaired) electrons. The Morgan fingerprint density at radius 3 is 2.15 bits per heavy atom. The van der Waals surface area contributed by atoms with Crippen LogP contribution in [0.15, 0.2) is 42.9 Å². The topological polar surface area (TPSA) is 217 Å². The van der Waals surface area contributed by atoms with Gasteiger partial charge in [-0.3, -0.25) is 19.2 Å². The van der Waals surface area contributed by atoms with Crippen LogP contribution in [0.5, 0.6) is 0 Å². The summed E-state index contributed by atoms with van der Waals surface area (Å²) in [5.41, 5.74) is 7.01. The fraction of sp³-hybridized carbons (Fsp3) is 0.440. The van der Waals surface area contributed by atoms with Gasteiger partial charge in [-0.25, -0.2) is 9.78 Å². The molecule has 3 amide bonds. The molecule has 2 rings (SSSR count). The molecule has 0 bridgehead atoms. The van der Waals surface area contributed by atoms with Gasteiger partial charge in [-0.15, -0.1) is 0 Å². The number of carboxylic acid groups (broad SMARTS) is 2. The highest BCUT2D eigenvalue weighted by Crippen LogP contribution is 2.08. The van der Waals surface area contributed by atoms with Crippen LogP contribution in [0.3, 0.4) is 0 Å². The first-order chi connectivity index (χ1) is 18.6. The zero-order valence-corrected chi connectivity index (χ0v) is 22.3. The summed E-state index contributed by atoms with van der Waals surface area (Å²) in [5, 5.41) is 26.2. The van der Waals surface area contributed by atoms with E-state index in [1.165, 1.54) is 24.3 Å². The van der Waals surface area contributed by atoms with Crippen LogP contribution in [0.25, 0.3) is 0 Å². The lowest BCUT2D eigenvalue weighted by atomic mass is 10.0. The minimum atomic E-state index is -1.25. The lowest BCUT2D eigenvalue weighted by molar-refractivity contribution is -0.142. The number of benzene rings is 1. The standard InChI is InChI=1S/C25H34N6O7S/c1-39-10-9-18(29-22(34)17(26)7-8-21(32)33)23(35)30-19(12-16-13-27-14-28-16)24(36)31-20(25(37)38)11-15-5-3-2-4-6-15/h2-6,13-14,17-20H,7-12,26H2,1H3,(H,27,28)(H,29,34)(H,30,35)(H,31,36)(H,32,33)(H,37,38). The van der Waals surface area contributed by atoms with Crippen molar-refractivity contribution in [3.8, 4) is 0 Å². The minimum absolute atomic E-state index is 0.0173. The lowest BCUT2D eigenvalue weighted by Gasteiger charge is -2.25. The maximum Gasteiger partial charge on any atom is 0.326 e. The average Bonchev–Trinajstić information content (AvgIpc) is 3.42. The zero-order chi connectivity index (χ0) is 28.8. The number of nitrogens with zero attached hydrogens (tertiary/aromatic N) is 1. The number of nitrogens with two attached hydrogens (primary N) is 1. The second kappa shape index (κ2) is 16.1. The molecule has 39 heavy (non-hydrogen) atoms. The molecule has 1 heterocycles. The van der Waals surface area contributed by atoms with Crippen LogP contribution >= 0.6 is 11.8 Å². The SMILES string of the molecule is CSCCC(NC(=O)C(N)CCC(=O)O)C(=O)NC(Cc1cnc[nH]1)C(=O)NC(Cc1ccccc1)C(=O)O. The molecular formula is C25H34N6O7S. The van der Waals surface area contributed by atoms with Gasteiger partial charge in [0.15, 0.2) is 0 Å². The third kappa shape index (κ3) is 11.2. The Morgan fingerprint density at radius 1 is 0.923 bits per heavy atom. The van der Waals surface area contributed by atoms with Gasteiger partial charge < -0.3 is 36.9 Å². The van der Waals surface area contributed by atoms with E-state index in [0.717, 1.165) is 0 Å². The summed E-state index contributed by atoms with van der Waals surface area (Å²) < 4.78 is 0. The van der Waals surface area contributed by atoms with E-state index in [4.69, 9.17) is 10.8 Å². The van der Waals surface area contributed by atoms with Crippen LogP contribution in [0, 0.1) is 0 Å². The molecule has 0 aliphatic carbocycles. The molecule has 2 aromatic rings. The second-order valence-electron chi connectivity index (χ2n) is 8.81. The molecule has 0 saturated carbocycles. The molecule has 212 valence electrons. The van der Waals surface area contributed by atoms with Gasteiger partial charge in [-0.1, -0.05) is 30.3 Å². The molecule has 4 unspecified atom stereocenters. The number of nitrogens with one attached hydrogen (secondary N) is 4. The highest BCUT2D eigenvalue weighted by molar-refractivity contribution is 7.98. The third-order valence-corrected chi connectivity index (χ3v) is 6.40. The van der Waals surface area contributed by atoms with E-state index >= 15 is 0 Å². The van der Waals surface area contributed by atoms with Crippen LogP contribution in [0.4, 0.5) is 0 Å². The summed E-state index contributed by atoms with van der Waals surface area (Å²) in [6.45, 7) is 0. The quantitative estimate of drug-likeness (QED) is 0.133. The van der Waals surface area contributed by atoms with Crippen LogP contribution in [-0.4, -0.2) is 86.0 Å². The van der Waals surface area contributed by atoms with Crippen molar-refractivity contribution in [2.75, 3.05) is 12.0 Å². The van der Waals surface area contributed by atoms with E-state index in [9.17, 15) is 29.1 Å². The number of aliphatic carboxylic acids is 2. The number of carboxylic acids is 2. The van der Waals surface area contributed by atoms with Crippen molar-refractivity contribution in [1.82, 2.24) is 25.9 Å². The van der Waals surface area contributed by atoms with Crippen molar-refractivity contribution in [3.63, 3.8) is 0 Å². The number of aromatic amines is 1. The molecule has 1 aromatic carbocycles. The lowest BCUT2D eigenvalue weighted by Crippen LogP contribution is -2.58. The van der Waals surface area contributed by atoms with Gasteiger partial charge in [0.2, 0.25) is 17.7 Å². The number of H-pyrrole nitrogens is 1. The van der Waals surface area contributed by atoms with Crippen molar-refractivity contribution < 1.29 is 34.2 Å². The Kier molecular flexibility index (Phi) is 13.0. The Hall–Kier alpha value is -3.91. The largest absolute Gasteiger partial charge is 0.481 e. The number of carbonyl (C=O) groups excluding carboxylic acids is 3. The molecule has 0 aliphatic rings. The Balaban J connectivity index is 2.17. The number of amides is 3. The summed E-state index contributed by atoms with van der Waals surface area (Å²) in [5.74, 6) is -3.93. The number of thioether (sulfide) groups is 1. The van der Waals surface area contributed by atoms with E-state index in [1.807, 2.05) is 6.26 Å². The maximum absolute atomic E-state index is 13.2. The third-order valence-electron chi connectivity index (χ3n) is 5.76. The number of rotatable bonds is 17. The first kappa shape index (κ1) is 31.3. The van der Waals surface area contributed by atoms with E-state index in [-0.39, 0.29) is 32.1 Å². The van der Waals surface area contributed by atoms with E-state index < -0.39 is 53.8 Å². The van der Waals surface area contributed by atoms with E-state index in [2.05, 4.69) is 25.9 Å². The summed E-state index contributed by atoms with van der Waals surface area (Å²) >= 11 is 1.44. The van der Waals surface area contributed by atoms with Crippen LogP contribution in [0.2, 0.25) is 0 Å². The molecule has 4 atom stereocenters. The molecule has 0 fully saturated rings. The molecule has 0 aliphatic heterocycles. The molecule has 14 heteroatoms. The zero-order valence-electron chi connectivity index (χ0n) is 21.5. The van der Waals surface area contributed by atoms with Crippen molar-refractivity contribution in [2.45, 2.75) is 56.3 Å². The molecule has 8 N–H and O–H groups in total. The second-order valence-corrected chi connectivity index (χ2v) is 9.80. The fourth-order valence-corrected chi connectivity index (χ4v) is 4.08. The average molecular weight is 563 g/mol. The molecule has 0 spiro atoms. The molecule has 0 saturated heterocycles. The fourth-order valence-electron chi connectivity index (χ4n) is 3.61. The van der Waals surface area contributed by atoms with Crippen molar-refractivity contribution >= 4 is 41.4 Å². The maximum atomic E-state index is 13.2. The first-order valence-electron chi connectivity index (χ1n) is 12.2. The van der Waals surface area contributed by atoms with E-state index in [1.54, 1.807) is 30.3 Å². The number of imidazole rings is 1. The predicted molar refractivity (Wildman–Crippen MR) is 144 cm³/mol. The van der Waals surface area contributed by atoms with Crippen molar-refractivity contribution in [3.05, 3.63) is 54.1 Å². The Morgan fingerprint density at radius 2 is 1.56 bits per heavy atom. The van der Waals surface area contributed by atoms with Gasteiger partial charge in [0.25, 0.3) is 0 Å². The van der Waals surface area contributed by atoms with Crippen LogP contribution in [0.1, 0.15) is 30.5 Å². The van der Waals surface area contributed by atoms with E-state index in [0.29, 0.717) is 17.0 Å². The highest BCUT2D eigenvalue weighted by atomic mass is 32.2. The Labute approximate surface area is 229 Å².